The average Bonchev–Trinajstić information content (AvgIpc) is 2.40. The number of alkyl halides is 6. The van der Waals surface area contributed by atoms with Crippen molar-refractivity contribution in [3.8, 4) is 0 Å². The summed E-state index contributed by atoms with van der Waals surface area (Å²) in [5.74, 6) is -3.85. The number of Topliss-reactive ketones (excluding diaryl/α,β-unsaturated/α-hetero) is 1. The number of halogens is 7. The number of carbonyl (C=O) groups excluding carboxylic acids is 2. The van der Waals surface area contributed by atoms with Crippen LogP contribution >= 0.6 is 15.9 Å². The van der Waals surface area contributed by atoms with Crippen molar-refractivity contribution in [2.45, 2.75) is 38.0 Å². The molecule has 2 nitrogen and oxygen atoms in total. The smallest absolute Gasteiger partial charge is 0.295 e. The van der Waals surface area contributed by atoms with E-state index >= 15 is 0 Å². The van der Waals surface area contributed by atoms with E-state index in [2.05, 4.69) is 15.9 Å². The molecule has 0 spiro atoms. The molecule has 9 heteroatoms. The third-order valence-corrected chi connectivity index (χ3v) is 4.14. The van der Waals surface area contributed by atoms with Crippen LogP contribution in [-0.2, 0) is 9.59 Å². The Morgan fingerprint density at radius 1 is 0.913 bits per heavy atom. The first-order chi connectivity index (χ1) is 10.4. The molecule has 0 saturated heterocycles. The standard InChI is InChI=1S/C7H6BrF3O.C7H7F3O/c8-5-2-1-4(3-6(5)12)7(9,10)11;8-7(9,10)5-2-1-3-6(11)4-5/h2,4H,1,3H2;1,3,5H,2,4H2. The molecule has 2 rings (SSSR count). The van der Waals surface area contributed by atoms with Gasteiger partial charge in [0, 0.05) is 12.8 Å². The molecule has 0 aliphatic heterocycles. The lowest BCUT2D eigenvalue weighted by Crippen LogP contribution is -2.27. The van der Waals surface area contributed by atoms with Gasteiger partial charge < -0.3 is 0 Å². The van der Waals surface area contributed by atoms with Gasteiger partial charge in [-0.15, -0.1) is 0 Å². The van der Waals surface area contributed by atoms with Crippen LogP contribution in [0.15, 0.2) is 22.7 Å². The van der Waals surface area contributed by atoms with E-state index in [1.807, 2.05) is 0 Å². The lowest BCUT2D eigenvalue weighted by Gasteiger charge is -2.21. The average molecular weight is 407 g/mol. The Kier molecular flexibility index (Phi) is 6.61. The molecule has 0 radical (unpaired) electrons. The SMILES string of the molecule is O=C1C=CCC(C(F)(F)F)C1.O=C1CC(C(F)(F)F)CC=C1Br. The van der Waals surface area contributed by atoms with E-state index in [1.165, 1.54) is 18.2 Å². The van der Waals surface area contributed by atoms with Gasteiger partial charge in [-0.1, -0.05) is 12.2 Å². The van der Waals surface area contributed by atoms with Crippen LogP contribution in [0.5, 0.6) is 0 Å². The maximum atomic E-state index is 12.0. The molecular formula is C14H13BrF6O2. The summed E-state index contributed by atoms with van der Waals surface area (Å²) in [5.41, 5.74) is 0. The lowest BCUT2D eigenvalue weighted by atomic mass is 9.93. The highest BCUT2D eigenvalue weighted by atomic mass is 79.9. The van der Waals surface area contributed by atoms with Crippen LogP contribution in [-0.4, -0.2) is 23.9 Å². The third-order valence-electron chi connectivity index (χ3n) is 3.38. The van der Waals surface area contributed by atoms with Crippen molar-refractivity contribution in [1.82, 2.24) is 0 Å². The van der Waals surface area contributed by atoms with Crippen LogP contribution in [0.2, 0.25) is 0 Å². The zero-order valence-electron chi connectivity index (χ0n) is 11.7. The second-order valence-corrected chi connectivity index (χ2v) is 6.05. The van der Waals surface area contributed by atoms with Gasteiger partial charge in [0.05, 0.1) is 16.3 Å². The van der Waals surface area contributed by atoms with E-state index in [9.17, 15) is 35.9 Å². The lowest BCUT2D eigenvalue weighted by molar-refractivity contribution is -0.178. The summed E-state index contributed by atoms with van der Waals surface area (Å²) in [4.78, 5) is 21.4. The second kappa shape index (κ2) is 7.63. The highest BCUT2D eigenvalue weighted by Crippen LogP contribution is 2.36. The molecule has 23 heavy (non-hydrogen) atoms. The number of carbonyl (C=O) groups is 2. The van der Waals surface area contributed by atoms with Crippen molar-refractivity contribution in [2.24, 2.45) is 11.8 Å². The predicted octanol–water partition coefficient (Wildman–Crippen LogP) is 4.89. The third kappa shape index (κ3) is 6.48. The van der Waals surface area contributed by atoms with E-state index in [0.717, 1.165) is 0 Å². The number of rotatable bonds is 0. The molecular weight excluding hydrogens is 394 g/mol. The van der Waals surface area contributed by atoms with Crippen LogP contribution in [0.1, 0.15) is 25.7 Å². The monoisotopic (exact) mass is 406 g/mol. The van der Waals surface area contributed by atoms with Gasteiger partial charge in [0.2, 0.25) is 0 Å². The van der Waals surface area contributed by atoms with E-state index < -0.39 is 42.2 Å². The van der Waals surface area contributed by atoms with E-state index in [4.69, 9.17) is 0 Å². The van der Waals surface area contributed by atoms with Crippen molar-refractivity contribution in [2.75, 3.05) is 0 Å². The van der Waals surface area contributed by atoms with E-state index in [0.29, 0.717) is 0 Å². The molecule has 2 unspecified atom stereocenters. The summed E-state index contributed by atoms with van der Waals surface area (Å²) in [5, 5.41) is 0. The van der Waals surface area contributed by atoms with Crippen molar-refractivity contribution in [3.63, 3.8) is 0 Å². The number of ketones is 2. The Bertz CT molecular complexity index is 518. The summed E-state index contributed by atoms with van der Waals surface area (Å²) in [6.45, 7) is 0. The molecule has 0 amide bonds. The Hall–Kier alpha value is -1.12. The Morgan fingerprint density at radius 2 is 1.43 bits per heavy atom. The zero-order chi connectivity index (χ0) is 17.8. The van der Waals surface area contributed by atoms with Crippen LogP contribution in [0, 0.1) is 11.8 Å². The van der Waals surface area contributed by atoms with Gasteiger partial charge >= 0.3 is 12.4 Å². The fourth-order valence-corrected chi connectivity index (χ4v) is 2.37. The van der Waals surface area contributed by atoms with Crippen LogP contribution in [0.25, 0.3) is 0 Å². The first-order valence-electron chi connectivity index (χ1n) is 6.63. The van der Waals surface area contributed by atoms with Gasteiger partial charge in [0.25, 0.3) is 0 Å². The largest absolute Gasteiger partial charge is 0.392 e. The molecule has 0 aromatic rings. The normalized spacial score (nSPS) is 25.6. The van der Waals surface area contributed by atoms with Crippen LogP contribution in [0.4, 0.5) is 26.3 Å². The van der Waals surface area contributed by atoms with Crippen LogP contribution < -0.4 is 0 Å². The van der Waals surface area contributed by atoms with Gasteiger partial charge in [0.1, 0.15) is 0 Å². The number of hydrogen-bond acceptors (Lipinski definition) is 2. The zero-order valence-corrected chi connectivity index (χ0v) is 13.3. The maximum Gasteiger partial charge on any atom is 0.392 e. The summed E-state index contributed by atoms with van der Waals surface area (Å²) < 4.78 is 72.2. The van der Waals surface area contributed by atoms with E-state index in [-0.39, 0.29) is 23.7 Å². The fourth-order valence-electron chi connectivity index (χ4n) is 2.02. The van der Waals surface area contributed by atoms with E-state index in [1.54, 1.807) is 0 Å². The molecule has 0 aromatic heterocycles. The summed E-state index contributed by atoms with van der Waals surface area (Å²) in [7, 11) is 0. The highest BCUT2D eigenvalue weighted by Gasteiger charge is 2.42. The van der Waals surface area contributed by atoms with Crippen molar-refractivity contribution in [1.29, 1.82) is 0 Å². The quantitative estimate of drug-likeness (QED) is 0.536. The predicted molar refractivity (Wildman–Crippen MR) is 73.7 cm³/mol. The fraction of sp³-hybridized carbons (Fsp3) is 0.571. The molecule has 0 aromatic carbocycles. The second-order valence-electron chi connectivity index (χ2n) is 5.20. The number of hydrogen-bond donors (Lipinski definition) is 0. The molecule has 0 fully saturated rings. The molecule has 0 heterocycles. The molecule has 2 aliphatic carbocycles. The highest BCUT2D eigenvalue weighted by molar-refractivity contribution is 9.12. The van der Waals surface area contributed by atoms with Gasteiger partial charge in [-0.25, -0.2) is 0 Å². The Labute approximate surface area is 136 Å². The van der Waals surface area contributed by atoms with Crippen LogP contribution in [0.3, 0.4) is 0 Å². The minimum Gasteiger partial charge on any atom is -0.295 e. The maximum absolute atomic E-state index is 12.0. The summed E-state index contributed by atoms with van der Waals surface area (Å²) in [6.07, 6.45) is -5.68. The topological polar surface area (TPSA) is 34.1 Å². The molecule has 0 N–H and O–H groups in total. The molecule has 130 valence electrons. The molecule has 2 aliphatic rings. The van der Waals surface area contributed by atoms with Gasteiger partial charge in [-0.2, -0.15) is 26.3 Å². The first kappa shape index (κ1) is 19.9. The summed E-state index contributed by atoms with van der Waals surface area (Å²) in [6, 6.07) is 0. The van der Waals surface area contributed by atoms with Gasteiger partial charge in [-0.3, -0.25) is 9.59 Å². The minimum absolute atomic E-state index is 0.0603. The Balaban J connectivity index is 0.000000231. The molecule has 0 saturated carbocycles. The van der Waals surface area contributed by atoms with Crippen molar-refractivity contribution in [3.05, 3.63) is 22.7 Å². The first-order valence-corrected chi connectivity index (χ1v) is 7.42. The van der Waals surface area contributed by atoms with Crippen molar-refractivity contribution >= 4 is 27.5 Å². The Morgan fingerprint density at radius 3 is 1.83 bits per heavy atom. The molecule has 0 bridgehead atoms. The number of allylic oxidation sites excluding steroid dienone is 4. The van der Waals surface area contributed by atoms with Crippen molar-refractivity contribution < 1.29 is 35.9 Å². The minimum atomic E-state index is -4.25. The summed E-state index contributed by atoms with van der Waals surface area (Å²) >= 11 is 2.89. The van der Waals surface area contributed by atoms with Gasteiger partial charge in [0.15, 0.2) is 11.6 Å². The molecule has 2 atom stereocenters. The van der Waals surface area contributed by atoms with Gasteiger partial charge in [-0.05, 0) is 34.8 Å².